The lowest BCUT2D eigenvalue weighted by atomic mass is 10.1. The van der Waals surface area contributed by atoms with Gasteiger partial charge in [-0.25, -0.2) is 0 Å². The van der Waals surface area contributed by atoms with Crippen molar-refractivity contribution in [3.63, 3.8) is 0 Å². The van der Waals surface area contributed by atoms with Crippen LogP contribution in [0.25, 0.3) is 0 Å². The van der Waals surface area contributed by atoms with E-state index in [9.17, 15) is 0 Å². The molecule has 1 unspecified atom stereocenters. The Balaban J connectivity index is 4.09. The Morgan fingerprint density at radius 3 is 1.47 bits per heavy atom. The first-order valence-corrected chi connectivity index (χ1v) is 6.71. The highest BCUT2D eigenvalue weighted by molar-refractivity contribution is 6.36. The Hall–Kier alpha value is -0.0551. The molecular weight excluding hydrogens is 215 g/mol. The summed E-state index contributed by atoms with van der Waals surface area (Å²) in [5, 5.41) is 0. The summed E-state index contributed by atoms with van der Waals surface area (Å²) in [6.45, 7) is 16.1. The van der Waals surface area contributed by atoms with Gasteiger partial charge in [0, 0.05) is 19.3 Å². The van der Waals surface area contributed by atoms with E-state index in [1.807, 2.05) is 0 Å². The Kier molecular flexibility index (Phi) is 8.92. The smallest absolute Gasteiger partial charge is 0.386 e. The molecular formula is C13H29BO3. The summed E-state index contributed by atoms with van der Waals surface area (Å²) < 4.78 is 17.0. The molecule has 0 bridgehead atoms. The average molecular weight is 244 g/mol. The lowest BCUT2D eigenvalue weighted by Crippen LogP contribution is -2.35. The van der Waals surface area contributed by atoms with Crippen LogP contribution in [0.15, 0.2) is 0 Å². The predicted octanol–water partition coefficient (Wildman–Crippen LogP) is 3.38. The van der Waals surface area contributed by atoms with Crippen LogP contribution in [0.1, 0.15) is 48.5 Å². The predicted molar refractivity (Wildman–Crippen MR) is 72.7 cm³/mol. The van der Waals surface area contributed by atoms with E-state index in [1.54, 1.807) is 0 Å². The van der Waals surface area contributed by atoms with Gasteiger partial charge in [-0.3, -0.25) is 0 Å². The van der Waals surface area contributed by atoms with Crippen LogP contribution < -0.4 is 0 Å². The first kappa shape index (κ1) is 16.9. The van der Waals surface area contributed by atoms with E-state index in [4.69, 9.17) is 14.0 Å². The lowest BCUT2D eigenvalue weighted by Gasteiger charge is -2.22. The summed E-state index contributed by atoms with van der Waals surface area (Å²) in [7, 11) is -0.530. The number of rotatable bonds is 9. The minimum Gasteiger partial charge on any atom is -0.386 e. The third-order valence-corrected chi connectivity index (χ3v) is 2.40. The maximum absolute atomic E-state index is 5.77. The van der Waals surface area contributed by atoms with Gasteiger partial charge in [0.15, 0.2) is 0 Å². The molecule has 0 aromatic carbocycles. The Bertz CT molecular complexity index is 172. The Labute approximate surface area is 107 Å². The molecule has 0 saturated carbocycles. The fourth-order valence-electron chi connectivity index (χ4n) is 1.00. The highest BCUT2D eigenvalue weighted by Crippen LogP contribution is 2.10. The molecule has 0 fully saturated rings. The topological polar surface area (TPSA) is 27.7 Å². The van der Waals surface area contributed by atoms with Gasteiger partial charge in [0.25, 0.3) is 0 Å². The second-order valence-electron chi connectivity index (χ2n) is 5.83. The first-order chi connectivity index (χ1) is 7.82. The highest BCUT2D eigenvalue weighted by Gasteiger charge is 2.26. The second-order valence-corrected chi connectivity index (χ2v) is 5.83. The normalized spacial score (nSPS) is 13.8. The lowest BCUT2D eigenvalue weighted by molar-refractivity contribution is 0.0353. The zero-order valence-corrected chi connectivity index (χ0v) is 12.5. The van der Waals surface area contributed by atoms with Crippen LogP contribution in [-0.4, -0.2) is 26.6 Å². The van der Waals surface area contributed by atoms with Crippen molar-refractivity contribution in [2.24, 2.45) is 17.8 Å². The molecule has 0 aliphatic carbocycles. The Morgan fingerprint density at radius 2 is 1.18 bits per heavy atom. The molecule has 4 heteroatoms. The van der Waals surface area contributed by atoms with E-state index in [-0.39, 0.29) is 6.10 Å². The molecule has 0 N–H and O–H groups in total. The molecule has 0 spiro atoms. The third kappa shape index (κ3) is 9.63. The van der Waals surface area contributed by atoms with Gasteiger partial charge in [-0.1, -0.05) is 41.5 Å². The van der Waals surface area contributed by atoms with Crippen LogP contribution in [0.5, 0.6) is 0 Å². The Morgan fingerprint density at radius 1 is 0.765 bits per heavy atom. The van der Waals surface area contributed by atoms with E-state index in [0.29, 0.717) is 31.0 Å². The summed E-state index contributed by atoms with van der Waals surface area (Å²) in [4.78, 5) is 0. The molecule has 0 aliphatic heterocycles. The van der Waals surface area contributed by atoms with E-state index in [1.165, 1.54) is 0 Å². The quantitative estimate of drug-likeness (QED) is 0.582. The van der Waals surface area contributed by atoms with Crippen LogP contribution in [0, 0.1) is 17.8 Å². The van der Waals surface area contributed by atoms with E-state index < -0.39 is 7.32 Å². The number of hydrogen-bond acceptors (Lipinski definition) is 3. The van der Waals surface area contributed by atoms with Gasteiger partial charge >= 0.3 is 7.32 Å². The molecule has 0 aromatic heterocycles. The van der Waals surface area contributed by atoms with Gasteiger partial charge in [0.2, 0.25) is 0 Å². The first-order valence-electron chi connectivity index (χ1n) is 6.71. The highest BCUT2D eigenvalue weighted by atomic mass is 16.7. The molecule has 1 atom stereocenters. The van der Waals surface area contributed by atoms with Gasteiger partial charge in [0.05, 0.1) is 0 Å². The monoisotopic (exact) mass is 244 g/mol. The molecule has 17 heavy (non-hydrogen) atoms. The summed E-state index contributed by atoms with van der Waals surface area (Å²) in [6, 6.07) is 0. The fourth-order valence-corrected chi connectivity index (χ4v) is 1.00. The van der Waals surface area contributed by atoms with Gasteiger partial charge in [-0.2, -0.15) is 0 Å². The van der Waals surface area contributed by atoms with Crippen molar-refractivity contribution in [2.45, 2.75) is 54.6 Å². The summed E-state index contributed by atoms with van der Waals surface area (Å²) in [5.74, 6) is 1.43. The SMILES string of the molecule is CC(C)COB(OCC(C)C)OC(C)C(C)C. The van der Waals surface area contributed by atoms with Crippen molar-refractivity contribution in [2.75, 3.05) is 13.2 Å². The van der Waals surface area contributed by atoms with Crippen molar-refractivity contribution in [3.05, 3.63) is 0 Å². The largest absolute Gasteiger partial charge is 0.639 e. The molecule has 0 amide bonds. The summed E-state index contributed by atoms with van der Waals surface area (Å²) in [5.41, 5.74) is 0. The molecule has 0 aliphatic rings. The minimum absolute atomic E-state index is 0.138. The van der Waals surface area contributed by atoms with Crippen LogP contribution in [0.4, 0.5) is 0 Å². The average Bonchev–Trinajstić information content (AvgIpc) is 2.21. The molecule has 0 radical (unpaired) electrons. The van der Waals surface area contributed by atoms with Gasteiger partial charge in [-0.15, -0.1) is 0 Å². The second kappa shape index (κ2) is 8.95. The van der Waals surface area contributed by atoms with Crippen LogP contribution in [0.2, 0.25) is 0 Å². The van der Waals surface area contributed by atoms with E-state index in [0.717, 1.165) is 0 Å². The zero-order valence-electron chi connectivity index (χ0n) is 12.5. The van der Waals surface area contributed by atoms with E-state index >= 15 is 0 Å². The van der Waals surface area contributed by atoms with Gasteiger partial charge in [-0.05, 0) is 24.7 Å². The zero-order chi connectivity index (χ0) is 13.4. The van der Waals surface area contributed by atoms with Crippen molar-refractivity contribution in [3.8, 4) is 0 Å². The standard InChI is InChI=1S/C13H29BO3/c1-10(2)8-15-14(16-9-11(3)4)17-13(7)12(5)6/h10-13H,8-9H2,1-7H3. The molecule has 0 rings (SSSR count). The van der Waals surface area contributed by atoms with Crippen molar-refractivity contribution in [1.29, 1.82) is 0 Å². The fraction of sp³-hybridized carbons (Fsp3) is 1.00. The maximum atomic E-state index is 5.77. The van der Waals surface area contributed by atoms with E-state index in [2.05, 4.69) is 48.5 Å². The number of hydrogen-bond donors (Lipinski definition) is 0. The van der Waals surface area contributed by atoms with Crippen LogP contribution >= 0.6 is 0 Å². The minimum atomic E-state index is -0.530. The van der Waals surface area contributed by atoms with Crippen molar-refractivity contribution in [1.82, 2.24) is 0 Å². The summed E-state index contributed by atoms with van der Waals surface area (Å²) >= 11 is 0. The van der Waals surface area contributed by atoms with Crippen molar-refractivity contribution < 1.29 is 14.0 Å². The summed E-state index contributed by atoms with van der Waals surface area (Å²) in [6.07, 6.45) is 0.138. The molecule has 0 heterocycles. The molecule has 0 aromatic rings. The maximum Gasteiger partial charge on any atom is 0.639 e. The molecule has 0 saturated heterocycles. The van der Waals surface area contributed by atoms with Crippen LogP contribution in [0.3, 0.4) is 0 Å². The van der Waals surface area contributed by atoms with Gasteiger partial charge < -0.3 is 14.0 Å². The third-order valence-electron chi connectivity index (χ3n) is 2.40. The van der Waals surface area contributed by atoms with Crippen molar-refractivity contribution >= 4 is 7.32 Å². The van der Waals surface area contributed by atoms with Crippen LogP contribution in [-0.2, 0) is 14.0 Å². The molecule has 102 valence electrons. The van der Waals surface area contributed by atoms with Gasteiger partial charge in [0.1, 0.15) is 0 Å². The molecule has 3 nitrogen and oxygen atoms in total.